The van der Waals surface area contributed by atoms with E-state index in [2.05, 4.69) is 9.98 Å². The van der Waals surface area contributed by atoms with Gasteiger partial charge in [-0.25, -0.2) is 19.6 Å². The topological polar surface area (TPSA) is 133 Å². The summed E-state index contributed by atoms with van der Waals surface area (Å²) in [6.07, 6.45) is -0.282. The van der Waals surface area contributed by atoms with Gasteiger partial charge in [0.2, 0.25) is 12.2 Å². The molecular formula is C14H18N2O8. The summed E-state index contributed by atoms with van der Waals surface area (Å²) >= 11 is 0. The number of carbonyl (C=O) groups excluding carboxylic acids is 3. The molecule has 5 unspecified atom stereocenters. The highest BCUT2D eigenvalue weighted by Crippen LogP contribution is 2.31. The van der Waals surface area contributed by atoms with Gasteiger partial charge in [-0.3, -0.25) is 4.79 Å². The van der Waals surface area contributed by atoms with Crippen LogP contribution in [0, 0.1) is 0 Å². The normalized spacial score (nSPS) is 29.2. The largest absolute Gasteiger partial charge is 0.457 e. The summed E-state index contributed by atoms with van der Waals surface area (Å²) in [5.41, 5.74) is 0. The van der Waals surface area contributed by atoms with E-state index in [0.717, 1.165) is 0 Å². The lowest BCUT2D eigenvalue weighted by Gasteiger charge is -2.20. The SMILES string of the molecule is O=C=NCCC(=O)OC1COC2C(OC(O)CCN=C=O)COC12. The zero-order valence-corrected chi connectivity index (χ0v) is 12.8. The molecule has 2 saturated heterocycles. The van der Waals surface area contributed by atoms with Crippen LogP contribution in [0.1, 0.15) is 12.8 Å². The van der Waals surface area contributed by atoms with Crippen molar-refractivity contribution in [1.29, 1.82) is 0 Å². The maximum absolute atomic E-state index is 11.6. The first-order valence-corrected chi connectivity index (χ1v) is 7.49. The molecule has 1 N–H and O–H groups in total. The van der Waals surface area contributed by atoms with Crippen LogP contribution in [0.2, 0.25) is 0 Å². The van der Waals surface area contributed by atoms with Crippen molar-refractivity contribution >= 4 is 18.1 Å². The highest BCUT2D eigenvalue weighted by molar-refractivity contribution is 5.70. The standard InChI is InChI=1S/C14H18N2O8/c17-7-15-3-1-11(19)23-9-5-21-14-10(6-22-13(9)14)24-12(20)2-4-16-8-18/h9-11,13-14,19H,1-6H2. The van der Waals surface area contributed by atoms with Crippen LogP contribution in [0.25, 0.3) is 0 Å². The van der Waals surface area contributed by atoms with E-state index in [0.29, 0.717) is 0 Å². The maximum Gasteiger partial charge on any atom is 0.308 e. The predicted octanol–water partition coefficient (Wildman–Crippen LogP) is -1.15. The highest BCUT2D eigenvalue weighted by Gasteiger charge is 2.50. The molecule has 0 radical (unpaired) electrons. The van der Waals surface area contributed by atoms with E-state index >= 15 is 0 Å². The monoisotopic (exact) mass is 342 g/mol. The first kappa shape index (κ1) is 18.4. The fraction of sp³-hybridized carbons (Fsp3) is 0.786. The molecule has 2 aliphatic rings. The van der Waals surface area contributed by atoms with Crippen molar-refractivity contribution in [3.05, 3.63) is 0 Å². The van der Waals surface area contributed by atoms with Crippen molar-refractivity contribution in [2.45, 2.75) is 43.5 Å². The Morgan fingerprint density at radius 1 is 1.12 bits per heavy atom. The molecule has 10 heteroatoms. The summed E-state index contributed by atoms with van der Waals surface area (Å²) in [6, 6.07) is 0. The second-order valence-electron chi connectivity index (χ2n) is 5.24. The second-order valence-corrected chi connectivity index (χ2v) is 5.24. The van der Waals surface area contributed by atoms with E-state index in [1.54, 1.807) is 0 Å². The number of ether oxygens (including phenoxy) is 4. The number of aliphatic hydroxyl groups excluding tert-OH is 1. The number of esters is 1. The van der Waals surface area contributed by atoms with Crippen molar-refractivity contribution in [1.82, 2.24) is 0 Å². The van der Waals surface area contributed by atoms with Gasteiger partial charge in [-0.2, -0.15) is 0 Å². The lowest BCUT2D eigenvalue weighted by Crippen LogP contribution is -2.36. The van der Waals surface area contributed by atoms with E-state index in [-0.39, 0.29) is 39.1 Å². The molecule has 0 aliphatic carbocycles. The third-order valence-electron chi connectivity index (χ3n) is 3.62. The summed E-state index contributed by atoms with van der Waals surface area (Å²) in [5.74, 6) is -0.511. The van der Waals surface area contributed by atoms with E-state index in [9.17, 15) is 19.5 Å². The van der Waals surface area contributed by atoms with Crippen LogP contribution in [-0.2, 0) is 33.3 Å². The molecule has 5 atom stereocenters. The predicted molar refractivity (Wildman–Crippen MR) is 75.5 cm³/mol. The van der Waals surface area contributed by atoms with Crippen LogP contribution in [0.15, 0.2) is 9.98 Å². The molecule has 0 saturated carbocycles. The van der Waals surface area contributed by atoms with Gasteiger partial charge in [-0.15, -0.1) is 0 Å². The molecular weight excluding hydrogens is 324 g/mol. The molecule has 132 valence electrons. The molecule has 0 spiro atoms. The van der Waals surface area contributed by atoms with Crippen LogP contribution >= 0.6 is 0 Å². The minimum absolute atomic E-state index is 0.0199. The number of hydrogen-bond acceptors (Lipinski definition) is 10. The number of rotatable bonds is 9. The summed E-state index contributed by atoms with van der Waals surface area (Å²) in [7, 11) is 0. The van der Waals surface area contributed by atoms with Crippen LogP contribution in [-0.4, -0.2) is 80.2 Å². The van der Waals surface area contributed by atoms with Crippen molar-refractivity contribution in [3.63, 3.8) is 0 Å². The Labute approximate surface area is 137 Å². The number of hydrogen-bond donors (Lipinski definition) is 1. The van der Waals surface area contributed by atoms with Crippen molar-refractivity contribution in [2.24, 2.45) is 9.98 Å². The third kappa shape index (κ3) is 5.04. The Morgan fingerprint density at radius 2 is 1.75 bits per heavy atom. The summed E-state index contributed by atoms with van der Waals surface area (Å²) in [4.78, 5) is 38.2. The van der Waals surface area contributed by atoms with Crippen LogP contribution in [0.5, 0.6) is 0 Å². The lowest BCUT2D eigenvalue weighted by atomic mass is 10.1. The third-order valence-corrected chi connectivity index (χ3v) is 3.62. The Bertz CT molecular complexity index is 529. The summed E-state index contributed by atoms with van der Waals surface area (Å²) < 4.78 is 21.8. The van der Waals surface area contributed by atoms with Gasteiger partial charge in [0.1, 0.15) is 18.3 Å². The fourth-order valence-corrected chi connectivity index (χ4v) is 2.56. The molecule has 0 bridgehead atoms. The average molecular weight is 342 g/mol. The molecule has 2 aliphatic heterocycles. The molecule has 0 aromatic heterocycles. The van der Waals surface area contributed by atoms with Gasteiger partial charge in [0.25, 0.3) is 0 Å². The van der Waals surface area contributed by atoms with Gasteiger partial charge >= 0.3 is 5.97 Å². The Balaban J connectivity index is 1.77. The van der Waals surface area contributed by atoms with Gasteiger partial charge in [0.15, 0.2) is 12.4 Å². The van der Waals surface area contributed by atoms with Crippen LogP contribution in [0.3, 0.4) is 0 Å². The van der Waals surface area contributed by atoms with E-state index < -0.39 is 36.7 Å². The minimum Gasteiger partial charge on any atom is -0.457 e. The molecule has 10 nitrogen and oxygen atoms in total. The molecule has 0 aromatic carbocycles. The maximum atomic E-state index is 11.6. The average Bonchev–Trinajstić information content (AvgIpc) is 3.12. The number of isocyanates is 2. The van der Waals surface area contributed by atoms with E-state index in [4.69, 9.17) is 18.9 Å². The first-order chi connectivity index (χ1) is 11.7. The molecule has 0 amide bonds. The molecule has 2 heterocycles. The Kier molecular flexibility index (Phi) is 7.20. The van der Waals surface area contributed by atoms with Gasteiger partial charge < -0.3 is 24.1 Å². The molecule has 0 aromatic rings. The lowest BCUT2D eigenvalue weighted by molar-refractivity contribution is -0.162. The number of nitrogens with zero attached hydrogens (tertiary/aromatic N) is 2. The van der Waals surface area contributed by atoms with E-state index in [1.165, 1.54) is 12.2 Å². The van der Waals surface area contributed by atoms with Crippen LogP contribution < -0.4 is 0 Å². The number of aliphatic hydroxyl groups is 1. The van der Waals surface area contributed by atoms with Gasteiger partial charge in [-0.05, 0) is 0 Å². The molecule has 2 fully saturated rings. The number of fused-ring (bicyclic) bond motifs is 1. The molecule has 24 heavy (non-hydrogen) atoms. The zero-order valence-electron chi connectivity index (χ0n) is 12.8. The van der Waals surface area contributed by atoms with Crippen molar-refractivity contribution in [3.8, 4) is 0 Å². The number of aliphatic imine (C=N–C) groups is 2. The van der Waals surface area contributed by atoms with Gasteiger partial charge in [-0.1, -0.05) is 0 Å². The van der Waals surface area contributed by atoms with Gasteiger partial charge in [0, 0.05) is 6.42 Å². The Hall–Kier alpha value is -1.93. The summed E-state index contributed by atoms with van der Waals surface area (Å²) in [5, 5.41) is 9.74. The molecule has 2 rings (SSSR count). The van der Waals surface area contributed by atoms with Crippen molar-refractivity contribution < 1.29 is 38.4 Å². The highest BCUT2D eigenvalue weighted by atomic mass is 16.7. The number of carbonyl (C=O) groups is 1. The van der Waals surface area contributed by atoms with Gasteiger partial charge in [0.05, 0.1) is 32.7 Å². The quantitative estimate of drug-likeness (QED) is 0.240. The first-order valence-electron chi connectivity index (χ1n) is 7.49. The smallest absolute Gasteiger partial charge is 0.308 e. The van der Waals surface area contributed by atoms with Crippen LogP contribution in [0.4, 0.5) is 0 Å². The second kappa shape index (κ2) is 9.39. The Morgan fingerprint density at radius 3 is 2.46 bits per heavy atom. The van der Waals surface area contributed by atoms with E-state index in [1.807, 2.05) is 0 Å². The fourth-order valence-electron chi connectivity index (χ4n) is 2.56. The summed E-state index contributed by atoms with van der Waals surface area (Å²) in [6.45, 7) is 0.471. The zero-order chi connectivity index (χ0) is 17.4. The minimum atomic E-state index is -1.11. The van der Waals surface area contributed by atoms with Crippen molar-refractivity contribution in [2.75, 3.05) is 26.3 Å².